The lowest BCUT2D eigenvalue weighted by atomic mass is 10.2. The van der Waals surface area contributed by atoms with Gasteiger partial charge in [-0.3, -0.25) is 0 Å². The molecule has 0 aliphatic rings. The van der Waals surface area contributed by atoms with Gasteiger partial charge in [0.15, 0.2) is 0 Å². The molecule has 1 aromatic carbocycles. The number of benzene rings is 1. The molecule has 1 aromatic rings. The maximum Gasteiger partial charge on any atom is 0.0187 e. The zero-order valence-electron chi connectivity index (χ0n) is 9.20. The molecule has 0 radical (unpaired) electrons. The minimum absolute atomic E-state index is 0.847. The fourth-order valence-electron chi connectivity index (χ4n) is 1.52. The van der Waals surface area contributed by atoms with Crippen LogP contribution in [0.25, 0.3) is 0 Å². The van der Waals surface area contributed by atoms with E-state index in [4.69, 9.17) is 0 Å². The largest absolute Gasteiger partial charge is 0.154 e. The van der Waals surface area contributed by atoms with E-state index >= 15 is 0 Å². The smallest absolute Gasteiger partial charge is 0.0187 e. The van der Waals surface area contributed by atoms with Gasteiger partial charge in [0.05, 0.1) is 0 Å². The molecule has 0 spiro atoms. The highest BCUT2D eigenvalue weighted by Gasteiger charge is 2.04. The predicted octanol–water partition coefficient (Wildman–Crippen LogP) is 4.50. The molecule has 0 nitrogen and oxygen atoms in total. The Morgan fingerprint density at radius 2 is 1.86 bits per heavy atom. The molecule has 1 rings (SSSR count). The summed E-state index contributed by atoms with van der Waals surface area (Å²) in [5, 5.41) is 0.847. The number of hydrogen-bond acceptors (Lipinski definition) is 1. The molecule has 1 unspecified atom stereocenters. The molecule has 0 saturated heterocycles. The quantitative estimate of drug-likeness (QED) is 0.663. The van der Waals surface area contributed by atoms with Crippen molar-refractivity contribution in [3.63, 3.8) is 0 Å². The van der Waals surface area contributed by atoms with E-state index in [1.54, 1.807) is 0 Å². The standard InChI is InChI=1S/C13H20S/c1-3-8-13(4-2)14-11-12-9-6-5-7-10-12/h5-7,9-10,13H,3-4,8,11H2,1-2H3. The van der Waals surface area contributed by atoms with Crippen LogP contribution in [0.3, 0.4) is 0 Å². The minimum Gasteiger partial charge on any atom is -0.154 e. The van der Waals surface area contributed by atoms with E-state index in [1.165, 1.54) is 30.6 Å². The summed E-state index contributed by atoms with van der Waals surface area (Å²) in [5.74, 6) is 1.17. The van der Waals surface area contributed by atoms with Gasteiger partial charge >= 0.3 is 0 Å². The SMILES string of the molecule is CCCC(CC)SCc1ccccc1. The third-order valence-electron chi connectivity index (χ3n) is 2.39. The molecule has 1 atom stereocenters. The van der Waals surface area contributed by atoms with Crippen LogP contribution in [0.1, 0.15) is 38.7 Å². The molecule has 0 heterocycles. The predicted molar refractivity (Wildman–Crippen MR) is 66.7 cm³/mol. The van der Waals surface area contributed by atoms with Crippen LogP contribution in [0.5, 0.6) is 0 Å². The van der Waals surface area contributed by atoms with Gasteiger partial charge in [0.2, 0.25) is 0 Å². The topological polar surface area (TPSA) is 0 Å². The van der Waals surface area contributed by atoms with Crippen molar-refractivity contribution in [2.75, 3.05) is 0 Å². The Balaban J connectivity index is 2.32. The molecule has 0 N–H and O–H groups in total. The monoisotopic (exact) mass is 208 g/mol. The molecule has 0 saturated carbocycles. The first kappa shape index (κ1) is 11.6. The highest BCUT2D eigenvalue weighted by molar-refractivity contribution is 7.99. The minimum atomic E-state index is 0.847. The van der Waals surface area contributed by atoms with E-state index in [0.717, 1.165) is 5.25 Å². The molecule has 0 aromatic heterocycles. The van der Waals surface area contributed by atoms with Crippen molar-refractivity contribution < 1.29 is 0 Å². The van der Waals surface area contributed by atoms with Crippen LogP contribution >= 0.6 is 11.8 Å². The van der Waals surface area contributed by atoms with Gasteiger partial charge in [0, 0.05) is 11.0 Å². The van der Waals surface area contributed by atoms with Gasteiger partial charge in [-0.15, -0.1) is 0 Å². The Bertz CT molecular complexity index is 230. The third kappa shape index (κ3) is 4.19. The highest BCUT2D eigenvalue weighted by Crippen LogP contribution is 2.23. The lowest BCUT2D eigenvalue weighted by Gasteiger charge is -2.12. The summed E-state index contributed by atoms with van der Waals surface area (Å²) in [6.45, 7) is 4.56. The molecule has 0 aliphatic heterocycles. The normalized spacial score (nSPS) is 12.7. The first-order valence-electron chi connectivity index (χ1n) is 5.52. The summed E-state index contributed by atoms with van der Waals surface area (Å²) < 4.78 is 0. The van der Waals surface area contributed by atoms with Gasteiger partial charge in [-0.05, 0) is 18.4 Å². The highest BCUT2D eigenvalue weighted by atomic mass is 32.2. The summed E-state index contributed by atoms with van der Waals surface area (Å²) in [5.41, 5.74) is 1.45. The van der Waals surface area contributed by atoms with E-state index in [-0.39, 0.29) is 0 Å². The lowest BCUT2D eigenvalue weighted by Crippen LogP contribution is -2.00. The zero-order valence-corrected chi connectivity index (χ0v) is 10.0. The van der Waals surface area contributed by atoms with Crippen LogP contribution in [0.4, 0.5) is 0 Å². The van der Waals surface area contributed by atoms with Gasteiger partial charge in [-0.25, -0.2) is 0 Å². The second-order valence-electron chi connectivity index (χ2n) is 3.62. The van der Waals surface area contributed by atoms with E-state index in [2.05, 4.69) is 55.9 Å². The molecular weight excluding hydrogens is 188 g/mol. The fourth-order valence-corrected chi connectivity index (χ4v) is 2.77. The Morgan fingerprint density at radius 1 is 1.14 bits per heavy atom. The molecule has 0 fully saturated rings. The molecule has 0 aliphatic carbocycles. The molecule has 78 valence electrons. The zero-order chi connectivity index (χ0) is 10.2. The Kier molecular flexibility index (Phi) is 5.77. The number of thioether (sulfide) groups is 1. The summed E-state index contributed by atoms with van der Waals surface area (Å²) in [6.07, 6.45) is 3.96. The van der Waals surface area contributed by atoms with Gasteiger partial charge < -0.3 is 0 Å². The maximum atomic E-state index is 2.29. The van der Waals surface area contributed by atoms with Crippen molar-refractivity contribution in [1.29, 1.82) is 0 Å². The average molecular weight is 208 g/mol. The van der Waals surface area contributed by atoms with E-state index in [9.17, 15) is 0 Å². The van der Waals surface area contributed by atoms with Gasteiger partial charge in [-0.2, -0.15) is 11.8 Å². The van der Waals surface area contributed by atoms with Crippen LogP contribution in [-0.4, -0.2) is 5.25 Å². The second-order valence-corrected chi connectivity index (χ2v) is 4.90. The van der Waals surface area contributed by atoms with Crippen LogP contribution in [-0.2, 0) is 5.75 Å². The molecule has 0 amide bonds. The first-order valence-corrected chi connectivity index (χ1v) is 6.57. The Labute approximate surface area is 92.1 Å². The van der Waals surface area contributed by atoms with Crippen molar-refractivity contribution in [2.45, 2.75) is 44.1 Å². The van der Waals surface area contributed by atoms with Gasteiger partial charge in [0.1, 0.15) is 0 Å². The summed E-state index contributed by atoms with van der Waals surface area (Å²) >= 11 is 2.10. The van der Waals surface area contributed by atoms with E-state index < -0.39 is 0 Å². The van der Waals surface area contributed by atoms with Crippen LogP contribution in [0.15, 0.2) is 30.3 Å². The molecule has 0 bridgehead atoms. The van der Waals surface area contributed by atoms with E-state index in [1.807, 2.05) is 0 Å². The summed E-state index contributed by atoms with van der Waals surface area (Å²) in [7, 11) is 0. The lowest BCUT2D eigenvalue weighted by molar-refractivity contribution is 0.719. The molecule has 1 heteroatoms. The summed E-state index contributed by atoms with van der Waals surface area (Å²) in [4.78, 5) is 0. The molecule has 14 heavy (non-hydrogen) atoms. The van der Waals surface area contributed by atoms with Crippen molar-refractivity contribution in [3.05, 3.63) is 35.9 Å². The number of hydrogen-bond donors (Lipinski definition) is 0. The fraction of sp³-hybridized carbons (Fsp3) is 0.538. The molecular formula is C13H20S. The van der Waals surface area contributed by atoms with Gasteiger partial charge in [0.25, 0.3) is 0 Å². The van der Waals surface area contributed by atoms with Crippen molar-refractivity contribution in [3.8, 4) is 0 Å². The van der Waals surface area contributed by atoms with Crippen molar-refractivity contribution in [1.82, 2.24) is 0 Å². The third-order valence-corrected chi connectivity index (χ3v) is 3.93. The Hall–Kier alpha value is -0.430. The van der Waals surface area contributed by atoms with E-state index in [0.29, 0.717) is 0 Å². The maximum absolute atomic E-state index is 2.29. The van der Waals surface area contributed by atoms with Crippen molar-refractivity contribution in [2.24, 2.45) is 0 Å². The van der Waals surface area contributed by atoms with Crippen LogP contribution < -0.4 is 0 Å². The van der Waals surface area contributed by atoms with Gasteiger partial charge in [-0.1, -0.05) is 50.6 Å². The number of rotatable bonds is 6. The van der Waals surface area contributed by atoms with Crippen molar-refractivity contribution >= 4 is 11.8 Å². The summed E-state index contributed by atoms with van der Waals surface area (Å²) in [6, 6.07) is 10.8. The second kappa shape index (κ2) is 6.94. The Morgan fingerprint density at radius 3 is 2.43 bits per heavy atom. The first-order chi connectivity index (χ1) is 6.86. The van der Waals surface area contributed by atoms with Crippen LogP contribution in [0.2, 0.25) is 0 Å². The average Bonchev–Trinajstić information content (AvgIpc) is 2.25. The van der Waals surface area contributed by atoms with Crippen LogP contribution in [0, 0.1) is 0 Å².